The van der Waals surface area contributed by atoms with E-state index in [1.165, 1.54) is 67.0 Å². The molecule has 16 rings (SSSR count). The number of alkyl halides is 3. The van der Waals surface area contributed by atoms with Gasteiger partial charge in [-0.15, -0.1) is 11.3 Å². The molecule has 4 aliphatic rings. The Morgan fingerprint density at radius 2 is 0.680 bits per heavy atom. The third-order valence-corrected chi connectivity index (χ3v) is 28.9. The van der Waals surface area contributed by atoms with Gasteiger partial charge in [0.1, 0.15) is 0 Å². The van der Waals surface area contributed by atoms with Crippen molar-refractivity contribution in [3.05, 3.63) is 331 Å². The van der Waals surface area contributed by atoms with E-state index < -0.39 is 80.7 Å². The van der Waals surface area contributed by atoms with Crippen molar-refractivity contribution in [3.63, 3.8) is 0 Å². The molecule has 122 heavy (non-hydrogen) atoms. The highest BCUT2D eigenvalue weighted by Crippen LogP contribution is 2.49. The highest BCUT2D eigenvalue weighted by Gasteiger charge is 2.38. The van der Waals surface area contributed by atoms with Gasteiger partial charge in [-0.1, -0.05) is 91.0 Å². The number of rotatable bonds is 24. The lowest BCUT2D eigenvalue weighted by Gasteiger charge is -2.16. The van der Waals surface area contributed by atoms with Crippen molar-refractivity contribution in [3.8, 4) is 62.0 Å². The van der Waals surface area contributed by atoms with Crippen LogP contribution in [0.5, 0.6) is 0 Å². The largest absolute Gasteiger partial charge is 0.478 e. The van der Waals surface area contributed by atoms with Gasteiger partial charge in [-0.25, -0.2) is 52.8 Å². The van der Waals surface area contributed by atoms with Crippen LogP contribution in [-0.2, 0) is 68.5 Å². The van der Waals surface area contributed by atoms with E-state index in [1.54, 1.807) is 115 Å². The van der Waals surface area contributed by atoms with E-state index in [4.69, 9.17) is 0 Å². The molecule has 0 unspecified atom stereocenters. The van der Waals surface area contributed by atoms with Gasteiger partial charge in [-0.2, -0.15) is 29.0 Å². The summed E-state index contributed by atoms with van der Waals surface area (Å²) in [5, 5.41) is 65.2. The number of hydrogen-bond acceptors (Lipinski definition) is 18. The van der Waals surface area contributed by atoms with E-state index >= 15 is 0 Å². The van der Waals surface area contributed by atoms with Gasteiger partial charge < -0.3 is 20.4 Å². The third-order valence-electron chi connectivity index (χ3n) is 21.0. The minimum absolute atomic E-state index is 0.00178. The maximum Gasteiger partial charge on any atom is 0.416 e. The summed E-state index contributed by atoms with van der Waals surface area (Å²) in [6.07, 6.45) is 8.50. The van der Waals surface area contributed by atoms with Gasteiger partial charge in [0, 0.05) is 45.7 Å². The van der Waals surface area contributed by atoms with Gasteiger partial charge in [-0.3, -0.25) is 9.97 Å². The normalized spacial score (nSPS) is 13.8. The molecule has 0 aliphatic heterocycles. The van der Waals surface area contributed by atoms with Crippen LogP contribution < -0.4 is 0 Å². The van der Waals surface area contributed by atoms with Gasteiger partial charge in [0.2, 0.25) is 0 Å². The van der Waals surface area contributed by atoms with Crippen LogP contribution in [0.4, 0.5) is 13.2 Å². The first kappa shape index (κ1) is 86.8. The van der Waals surface area contributed by atoms with E-state index in [0.29, 0.717) is 72.3 Å². The summed E-state index contributed by atoms with van der Waals surface area (Å²) in [6, 6.07) is 61.2. The Hall–Kier alpha value is -13.1. The number of sulfone groups is 4. The average molecular weight is 1730 g/mol. The summed E-state index contributed by atoms with van der Waals surface area (Å²) >= 11 is 1.56. The van der Waals surface area contributed by atoms with Crippen LogP contribution in [0.25, 0.3) is 43.8 Å². The van der Waals surface area contributed by atoms with Crippen molar-refractivity contribution in [2.45, 2.75) is 131 Å². The van der Waals surface area contributed by atoms with Crippen LogP contribution in [0.2, 0.25) is 0 Å². The van der Waals surface area contributed by atoms with Gasteiger partial charge in [0.25, 0.3) is 0 Å². The van der Waals surface area contributed by atoms with Crippen LogP contribution in [0, 0.1) is 40.9 Å². The Morgan fingerprint density at radius 3 is 0.967 bits per heavy atom. The third kappa shape index (κ3) is 20.8. The smallest absolute Gasteiger partial charge is 0.416 e. The first-order valence-corrected chi connectivity index (χ1v) is 45.7. The van der Waals surface area contributed by atoms with E-state index in [1.807, 2.05) is 61.5 Å². The lowest BCUT2D eigenvalue weighted by Crippen LogP contribution is -2.12. The first-order valence-electron chi connectivity index (χ1n) is 38.2. The summed E-state index contributed by atoms with van der Waals surface area (Å²) in [6.45, 7) is 1.98. The number of aromatic carboxylic acids is 4. The molecular weight excluding hydrogens is 1660 g/mol. The number of carboxylic acids is 4. The molecule has 4 aliphatic carbocycles. The highest BCUT2D eigenvalue weighted by molar-refractivity contribution is 7.91. The average Bonchev–Trinajstić information content (AvgIpc) is 0.979. The first-order chi connectivity index (χ1) is 58.1. The molecule has 0 saturated heterocycles. The van der Waals surface area contributed by atoms with Crippen molar-refractivity contribution in [1.82, 2.24) is 9.97 Å². The van der Waals surface area contributed by atoms with Crippen molar-refractivity contribution >= 4 is 74.6 Å². The molecule has 9 aromatic carbocycles. The summed E-state index contributed by atoms with van der Waals surface area (Å²) in [5.41, 5.74) is 8.44. The van der Waals surface area contributed by atoms with Gasteiger partial charge >= 0.3 is 30.1 Å². The predicted molar refractivity (Wildman–Crippen MR) is 450 cm³/mol. The standard InChI is InChI=1S/C24H19NO4S.C23H18F3NO4S.C23H18N2O4S.C23H19NO4S2/c25-14-16-6-10-21(17-4-2-1-3-5-17)20(12-16)15-30(28,29)23-13-19(24(26)27)9-11-22(23)18-7-8-18;24-23(25,26)18-6-8-19(16-2-1-9-27-12-16)17(10-18)13-32(30,31)21-11-15(22(28)29)5-7-20(21)14-3-4-14;24-12-15-3-7-20(18-2-1-9-25-13-18)19(10-15)14-30(28,29)22-11-17(23(26)27)6-8-21(22)16-4-5-16;1-14-2-9-21(29-14)19-7-3-15(12-24)10-18(19)13-30(27,28)22-11-17(23(25)26)6-8-20(22)16-4-5-16/h1-6,9-13,18H,7-8,15H2,(H,26,27);1-2,5-12,14H,3-4,13H2,(H,28,29);1-3,6-11,13,16H,4-5,14H2,(H,26,27);2-3,6-11,16H,4-5,13H2,1H3,(H,25,26). The second-order valence-corrected chi connectivity index (χ2v) is 39.1. The number of hydrogen-bond donors (Lipinski definition) is 4. The molecule has 4 N–H and O–H groups in total. The fourth-order valence-electron chi connectivity index (χ4n) is 14.4. The molecule has 618 valence electrons. The summed E-state index contributed by atoms with van der Waals surface area (Å²) in [4.78, 5) is 55.9. The maximum atomic E-state index is 13.4. The predicted octanol–water partition coefficient (Wildman–Crippen LogP) is 19.4. The minimum Gasteiger partial charge on any atom is -0.478 e. The molecule has 0 spiro atoms. The van der Waals surface area contributed by atoms with Crippen molar-refractivity contribution in [2.75, 3.05) is 0 Å². The Balaban J connectivity index is 0.000000140. The molecule has 0 bridgehead atoms. The summed E-state index contributed by atoms with van der Waals surface area (Å²) in [5.74, 6) is -5.97. The molecule has 0 amide bonds. The zero-order chi connectivity index (χ0) is 87.2. The van der Waals surface area contributed by atoms with Crippen LogP contribution in [0.3, 0.4) is 0 Å². The molecule has 0 radical (unpaired) electrons. The fraction of sp³-hybridized carbons (Fsp3) is 0.194. The second-order valence-electron chi connectivity index (χ2n) is 29.9. The zero-order valence-corrected chi connectivity index (χ0v) is 69.0. The van der Waals surface area contributed by atoms with E-state index in [9.17, 15) is 102 Å². The SMILES string of the molecule is Cc1ccc(-c2ccc(C#N)cc2CS(=O)(=O)c2cc(C(=O)O)ccc2C2CC2)s1.N#Cc1ccc(-c2ccccc2)c(CS(=O)(=O)c2cc(C(=O)O)ccc2C2CC2)c1.N#Cc1ccc(-c2cccnc2)c(CS(=O)(=O)c2cc(C(=O)O)ccc2C2CC2)c1.O=C(O)c1ccc(C2CC2)c(S(=O)(=O)Cc2cc(C(F)(F)F)ccc2-c2cccnc2)c1. The Labute approximate surface area is 705 Å². The van der Waals surface area contributed by atoms with Crippen molar-refractivity contribution < 1.29 is 86.4 Å². The van der Waals surface area contributed by atoms with Crippen LogP contribution in [-0.4, -0.2) is 87.9 Å². The number of aromatic nitrogens is 2. The zero-order valence-electron chi connectivity index (χ0n) is 64.9. The van der Waals surface area contributed by atoms with Crippen molar-refractivity contribution in [1.29, 1.82) is 15.8 Å². The van der Waals surface area contributed by atoms with Gasteiger partial charge in [0.05, 0.1) is 105 Å². The number of halogens is 3. The van der Waals surface area contributed by atoms with E-state index in [0.717, 1.165) is 102 Å². The quantitative estimate of drug-likeness (QED) is 0.0436. The van der Waals surface area contributed by atoms with Gasteiger partial charge in [0.15, 0.2) is 39.3 Å². The lowest BCUT2D eigenvalue weighted by atomic mass is 9.99. The molecule has 3 heterocycles. The minimum atomic E-state index is -4.64. The lowest BCUT2D eigenvalue weighted by molar-refractivity contribution is -0.137. The van der Waals surface area contributed by atoms with Gasteiger partial charge in [-0.05, 0) is 276 Å². The molecular formula is C93H74F3N5O16S5. The Kier molecular flexibility index (Phi) is 25.7. The van der Waals surface area contributed by atoms with E-state index in [-0.39, 0.29) is 88.3 Å². The highest BCUT2D eigenvalue weighted by atomic mass is 32.2. The topological polar surface area (TPSA) is 383 Å². The fourth-order valence-corrected chi connectivity index (χ4v) is 22.1. The molecule has 4 fully saturated rings. The van der Waals surface area contributed by atoms with E-state index in [2.05, 4.69) is 22.1 Å². The number of thiophene rings is 1. The molecule has 21 nitrogen and oxygen atoms in total. The molecule has 4 saturated carbocycles. The van der Waals surface area contributed by atoms with Crippen molar-refractivity contribution in [2.24, 2.45) is 0 Å². The molecule has 0 atom stereocenters. The number of aryl methyl sites for hydroxylation is 1. The molecule has 29 heteroatoms. The molecule has 12 aromatic rings. The Morgan fingerprint density at radius 1 is 0.377 bits per heavy atom. The summed E-state index contributed by atoms with van der Waals surface area (Å²) in [7, 11) is -15.7. The van der Waals surface area contributed by atoms with Crippen LogP contribution >= 0.6 is 11.3 Å². The molecule has 3 aromatic heterocycles. The number of benzene rings is 9. The number of nitriles is 3. The van der Waals surface area contributed by atoms with Crippen LogP contribution in [0.1, 0.15) is 188 Å². The number of pyridine rings is 2. The second kappa shape index (κ2) is 36.1. The Bertz CT molecular complexity index is 6550. The maximum absolute atomic E-state index is 13.4. The monoisotopic (exact) mass is 1730 g/mol. The van der Waals surface area contributed by atoms with Crippen LogP contribution in [0.15, 0.2) is 257 Å². The number of nitrogens with zero attached hydrogens (tertiary/aromatic N) is 5. The summed E-state index contributed by atoms with van der Waals surface area (Å²) < 4.78 is 147. The number of carboxylic acid groups (broad SMARTS) is 4. The number of carbonyl (C=O) groups is 4.